The fourth-order valence-electron chi connectivity index (χ4n) is 3.08. The minimum Gasteiger partial charge on any atom is -0.507 e. The number of H-pyrrole nitrogens is 1. The standard InChI is InChI=1S/C20H25N3O/c1-5-6-8-13-11-15(19(24)16(12-13)20(2,3)4)14-9-7-10-17-18(14)22-23-21-17/h7,9-12,24H,5-6,8H2,1-4H3,(H,21,22,23). The first-order chi connectivity index (χ1) is 11.4. The van der Waals surface area contributed by atoms with Crippen LogP contribution in [0.3, 0.4) is 0 Å². The van der Waals surface area contributed by atoms with Crippen LogP contribution >= 0.6 is 0 Å². The zero-order valence-electron chi connectivity index (χ0n) is 14.8. The number of benzene rings is 2. The molecule has 3 rings (SSSR count). The van der Waals surface area contributed by atoms with Gasteiger partial charge in [-0.15, -0.1) is 5.10 Å². The largest absolute Gasteiger partial charge is 0.507 e. The number of hydrogen-bond donors (Lipinski definition) is 2. The van der Waals surface area contributed by atoms with Crippen molar-refractivity contribution in [3.05, 3.63) is 41.5 Å². The second-order valence-corrected chi connectivity index (χ2v) is 7.41. The van der Waals surface area contributed by atoms with Crippen molar-refractivity contribution in [2.24, 2.45) is 0 Å². The highest BCUT2D eigenvalue weighted by molar-refractivity contribution is 5.93. The molecule has 1 aromatic heterocycles. The minimum absolute atomic E-state index is 0.126. The Labute approximate surface area is 142 Å². The van der Waals surface area contributed by atoms with Crippen LogP contribution in [0.4, 0.5) is 0 Å². The third-order valence-electron chi connectivity index (χ3n) is 4.44. The molecule has 0 aliphatic carbocycles. The van der Waals surface area contributed by atoms with Crippen molar-refractivity contribution >= 4 is 11.0 Å². The second kappa shape index (κ2) is 6.27. The zero-order chi connectivity index (χ0) is 17.3. The molecule has 0 saturated carbocycles. The number of nitrogens with one attached hydrogen (secondary N) is 1. The summed E-state index contributed by atoms with van der Waals surface area (Å²) in [7, 11) is 0. The van der Waals surface area contributed by atoms with Crippen LogP contribution in [0.5, 0.6) is 5.75 Å². The molecule has 4 heteroatoms. The molecule has 0 spiro atoms. The van der Waals surface area contributed by atoms with Crippen LogP contribution in [0.25, 0.3) is 22.2 Å². The minimum atomic E-state index is -0.126. The Kier molecular flexibility index (Phi) is 4.31. The lowest BCUT2D eigenvalue weighted by Crippen LogP contribution is -2.12. The summed E-state index contributed by atoms with van der Waals surface area (Å²) in [5.41, 5.74) is 5.54. The van der Waals surface area contributed by atoms with Gasteiger partial charge in [0.25, 0.3) is 0 Å². The summed E-state index contributed by atoms with van der Waals surface area (Å²) in [4.78, 5) is 0. The van der Waals surface area contributed by atoms with Crippen molar-refractivity contribution in [2.45, 2.75) is 52.4 Å². The van der Waals surface area contributed by atoms with Gasteiger partial charge in [-0.2, -0.15) is 0 Å². The SMILES string of the molecule is CCCCc1cc(-c2cccc3[nH]nnc23)c(O)c(C(C)(C)C)c1. The highest BCUT2D eigenvalue weighted by Crippen LogP contribution is 2.41. The molecule has 2 aromatic carbocycles. The molecule has 0 saturated heterocycles. The number of aromatic hydroxyl groups is 1. The van der Waals surface area contributed by atoms with E-state index in [-0.39, 0.29) is 5.41 Å². The van der Waals surface area contributed by atoms with Gasteiger partial charge >= 0.3 is 0 Å². The normalized spacial score (nSPS) is 12.0. The number of nitrogens with zero attached hydrogens (tertiary/aromatic N) is 2. The van der Waals surface area contributed by atoms with Crippen LogP contribution in [0, 0.1) is 0 Å². The molecule has 4 nitrogen and oxygen atoms in total. The first kappa shape index (κ1) is 16.5. The van der Waals surface area contributed by atoms with E-state index in [0.717, 1.165) is 47.0 Å². The maximum atomic E-state index is 11.0. The van der Waals surface area contributed by atoms with Gasteiger partial charge in [-0.05, 0) is 36.0 Å². The maximum absolute atomic E-state index is 11.0. The molecule has 0 bridgehead atoms. The molecular weight excluding hydrogens is 298 g/mol. The van der Waals surface area contributed by atoms with Crippen LogP contribution in [0.1, 0.15) is 51.7 Å². The van der Waals surface area contributed by atoms with Gasteiger partial charge in [0.15, 0.2) is 0 Å². The smallest absolute Gasteiger partial charge is 0.127 e. The van der Waals surface area contributed by atoms with Gasteiger partial charge < -0.3 is 5.11 Å². The first-order valence-electron chi connectivity index (χ1n) is 8.58. The van der Waals surface area contributed by atoms with E-state index in [1.54, 1.807) is 0 Å². The summed E-state index contributed by atoms with van der Waals surface area (Å²) >= 11 is 0. The van der Waals surface area contributed by atoms with Crippen LogP contribution in [-0.2, 0) is 11.8 Å². The Morgan fingerprint density at radius 2 is 1.92 bits per heavy atom. The Morgan fingerprint density at radius 3 is 2.62 bits per heavy atom. The van der Waals surface area contributed by atoms with Crippen molar-refractivity contribution in [2.75, 3.05) is 0 Å². The van der Waals surface area contributed by atoms with E-state index in [0.29, 0.717) is 5.75 Å². The van der Waals surface area contributed by atoms with Crippen LogP contribution in [0.15, 0.2) is 30.3 Å². The highest BCUT2D eigenvalue weighted by Gasteiger charge is 2.23. The van der Waals surface area contributed by atoms with Gasteiger partial charge in [0.05, 0.1) is 5.52 Å². The molecule has 0 unspecified atom stereocenters. The summed E-state index contributed by atoms with van der Waals surface area (Å²) in [6, 6.07) is 10.2. The highest BCUT2D eigenvalue weighted by atomic mass is 16.3. The predicted octanol–water partition coefficient (Wildman–Crippen LogP) is 4.97. The fraction of sp³-hybridized carbons (Fsp3) is 0.400. The van der Waals surface area contributed by atoms with Crippen molar-refractivity contribution in [1.29, 1.82) is 0 Å². The van der Waals surface area contributed by atoms with Gasteiger partial charge in [0, 0.05) is 16.7 Å². The van der Waals surface area contributed by atoms with E-state index in [4.69, 9.17) is 0 Å². The number of phenols is 1. The molecule has 0 aliphatic heterocycles. The van der Waals surface area contributed by atoms with E-state index in [1.165, 1.54) is 5.56 Å². The van der Waals surface area contributed by atoms with E-state index >= 15 is 0 Å². The molecule has 126 valence electrons. The Bertz CT molecular complexity index is 859. The number of fused-ring (bicyclic) bond motifs is 1. The lowest BCUT2D eigenvalue weighted by atomic mass is 9.82. The van der Waals surface area contributed by atoms with Crippen LogP contribution in [0.2, 0.25) is 0 Å². The third-order valence-corrected chi connectivity index (χ3v) is 4.44. The lowest BCUT2D eigenvalue weighted by Gasteiger charge is -2.23. The monoisotopic (exact) mass is 323 g/mol. The molecule has 3 aromatic rings. The van der Waals surface area contributed by atoms with Crippen molar-refractivity contribution in [1.82, 2.24) is 15.4 Å². The average molecular weight is 323 g/mol. The predicted molar refractivity (Wildman–Crippen MR) is 98.3 cm³/mol. The molecule has 0 fully saturated rings. The van der Waals surface area contributed by atoms with Crippen LogP contribution in [-0.4, -0.2) is 20.5 Å². The number of unbranched alkanes of at least 4 members (excludes halogenated alkanes) is 1. The first-order valence-corrected chi connectivity index (χ1v) is 8.58. The van der Waals surface area contributed by atoms with Crippen molar-refractivity contribution in [3.8, 4) is 16.9 Å². The lowest BCUT2D eigenvalue weighted by molar-refractivity contribution is 0.448. The summed E-state index contributed by atoms with van der Waals surface area (Å²) in [5.74, 6) is 0.346. The molecule has 0 amide bonds. The third kappa shape index (κ3) is 3.01. The zero-order valence-corrected chi connectivity index (χ0v) is 14.8. The van der Waals surface area contributed by atoms with E-state index in [2.05, 4.69) is 55.2 Å². The molecule has 0 radical (unpaired) electrons. The second-order valence-electron chi connectivity index (χ2n) is 7.41. The van der Waals surface area contributed by atoms with Gasteiger partial charge in [0.2, 0.25) is 0 Å². The molecule has 24 heavy (non-hydrogen) atoms. The number of hydrogen-bond acceptors (Lipinski definition) is 3. The Hall–Kier alpha value is -2.36. The van der Waals surface area contributed by atoms with E-state index in [9.17, 15) is 5.11 Å². The molecule has 1 heterocycles. The molecule has 0 aliphatic rings. The quantitative estimate of drug-likeness (QED) is 0.712. The summed E-state index contributed by atoms with van der Waals surface area (Å²) < 4.78 is 0. The average Bonchev–Trinajstić information content (AvgIpc) is 3.01. The maximum Gasteiger partial charge on any atom is 0.127 e. The summed E-state index contributed by atoms with van der Waals surface area (Å²) in [6.07, 6.45) is 3.31. The topological polar surface area (TPSA) is 61.8 Å². The van der Waals surface area contributed by atoms with Gasteiger partial charge in [-0.1, -0.05) is 57.5 Å². The fourth-order valence-corrected chi connectivity index (χ4v) is 3.08. The number of aryl methyl sites for hydroxylation is 1. The van der Waals surface area contributed by atoms with Gasteiger partial charge in [-0.3, -0.25) is 5.10 Å². The molecule has 0 atom stereocenters. The van der Waals surface area contributed by atoms with Crippen molar-refractivity contribution < 1.29 is 5.11 Å². The Morgan fingerprint density at radius 1 is 1.12 bits per heavy atom. The summed E-state index contributed by atoms with van der Waals surface area (Å²) in [5, 5.41) is 22.0. The molecular formula is C20H25N3O. The Balaban J connectivity index is 2.24. The number of aromatic nitrogens is 3. The number of aromatic amines is 1. The van der Waals surface area contributed by atoms with Gasteiger partial charge in [0.1, 0.15) is 11.3 Å². The number of rotatable bonds is 4. The molecule has 2 N–H and O–H groups in total. The van der Waals surface area contributed by atoms with Gasteiger partial charge in [-0.25, -0.2) is 0 Å². The van der Waals surface area contributed by atoms with E-state index < -0.39 is 0 Å². The van der Waals surface area contributed by atoms with Crippen molar-refractivity contribution in [3.63, 3.8) is 0 Å². The van der Waals surface area contributed by atoms with Crippen LogP contribution < -0.4 is 0 Å². The number of phenolic OH excluding ortho intramolecular Hbond substituents is 1. The summed E-state index contributed by atoms with van der Waals surface area (Å²) in [6.45, 7) is 8.59. The van der Waals surface area contributed by atoms with E-state index in [1.807, 2.05) is 18.2 Å².